The fourth-order valence-corrected chi connectivity index (χ4v) is 1.55. The lowest BCUT2D eigenvalue weighted by Gasteiger charge is -1.97. The van der Waals surface area contributed by atoms with Crippen LogP contribution in [0.15, 0.2) is 24.3 Å². The highest BCUT2D eigenvalue weighted by Crippen LogP contribution is 2.07. The predicted octanol–water partition coefficient (Wildman–Crippen LogP) is 1.99. The minimum atomic E-state index is 0.139. The normalized spacial score (nSPS) is 9.12. The third kappa shape index (κ3) is 4.87. The van der Waals surface area contributed by atoms with Gasteiger partial charge in [0.25, 0.3) is 0 Å². The van der Waals surface area contributed by atoms with E-state index in [-0.39, 0.29) is 5.12 Å². The number of nitrogens with one attached hydrogen (secondary N) is 1. The second-order valence-corrected chi connectivity index (χ2v) is 4.39. The molecular formula is C12H14N2OS. The first-order valence-electron chi connectivity index (χ1n) is 4.91. The van der Waals surface area contributed by atoms with Crippen molar-refractivity contribution < 1.29 is 4.79 Å². The quantitative estimate of drug-likeness (QED) is 0.363. The van der Waals surface area contributed by atoms with Gasteiger partial charge in [-0.2, -0.15) is 0 Å². The lowest BCUT2D eigenvalue weighted by molar-refractivity contribution is -0.109. The monoisotopic (exact) mass is 234 g/mol. The van der Waals surface area contributed by atoms with Gasteiger partial charge in [-0.1, -0.05) is 23.6 Å². The number of anilines is 1. The molecule has 3 N–H and O–H groups in total. The summed E-state index contributed by atoms with van der Waals surface area (Å²) in [5.74, 6) is 12.0. The van der Waals surface area contributed by atoms with Crippen LogP contribution < -0.4 is 11.3 Å². The van der Waals surface area contributed by atoms with Gasteiger partial charge in [-0.15, -0.1) is 0 Å². The first kappa shape index (κ1) is 12.6. The van der Waals surface area contributed by atoms with E-state index in [1.807, 2.05) is 24.3 Å². The number of hydrogen-bond acceptors (Lipinski definition) is 4. The van der Waals surface area contributed by atoms with E-state index in [1.54, 1.807) is 6.92 Å². The van der Waals surface area contributed by atoms with Crippen LogP contribution in [0.5, 0.6) is 0 Å². The fraction of sp³-hybridized carbons (Fsp3) is 0.250. The predicted molar refractivity (Wildman–Crippen MR) is 68.9 cm³/mol. The van der Waals surface area contributed by atoms with E-state index < -0.39 is 0 Å². The molecule has 0 bridgehead atoms. The lowest BCUT2D eigenvalue weighted by Crippen LogP contribution is -2.05. The van der Waals surface area contributed by atoms with E-state index >= 15 is 0 Å². The summed E-state index contributed by atoms with van der Waals surface area (Å²) in [7, 11) is 0. The zero-order valence-electron chi connectivity index (χ0n) is 9.12. The third-order valence-corrected chi connectivity index (χ3v) is 2.63. The van der Waals surface area contributed by atoms with Gasteiger partial charge in [-0.25, -0.2) is 0 Å². The first-order valence-corrected chi connectivity index (χ1v) is 5.90. The largest absolute Gasteiger partial charge is 0.324 e. The zero-order chi connectivity index (χ0) is 11.8. The molecule has 0 spiro atoms. The van der Waals surface area contributed by atoms with Crippen LogP contribution in [-0.4, -0.2) is 10.9 Å². The Morgan fingerprint density at radius 1 is 1.44 bits per heavy atom. The smallest absolute Gasteiger partial charge is 0.185 e. The summed E-state index contributed by atoms with van der Waals surface area (Å²) >= 11 is 1.30. The van der Waals surface area contributed by atoms with Gasteiger partial charge in [0.15, 0.2) is 5.12 Å². The van der Waals surface area contributed by atoms with Gasteiger partial charge in [-0.05, 0) is 24.3 Å². The van der Waals surface area contributed by atoms with Gasteiger partial charge in [0.2, 0.25) is 0 Å². The van der Waals surface area contributed by atoms with E-state index in [9.17, 15) is 4.79 Å². The SMILES string of the molecule is CC(=O)SCCC#Cc1ccc(NN)cc1. The summed E-state index contributed by atoms with van der Waals surface area (Å²) < 4.78 is 0. The van der Waals surface area contributed by atoms with Crippen molar-refractivity contribution in [3.8, 4) is 11.8 Å². The number of carbonyl (C=O) groups is 1. The molecule has 0 saturated heterocycles. The van der Waals surface area contributed by atoms with E-state index in [1.165, 1.54) is 11.8 Å². The molecule has 0 atom stereocenters. The van der Waals surface area contributed by atoms with Gasteiger partial charge in [-0.3, -0.25) is 10.6 Å². The van der Waals surface area contributed by atoms with Crippen molar-refractivity contribution >= 4 is 22.6 Å². The van der Waals surface area contributed by atoms with Crippen molar-refractivity contribution in [2.45, 2.75) is 13.3 Å². The topological polar surface area (TPSA) is 55.1 Å². The summed E-state index contributed by atoms with van der Waals surface area (Å²) in [6, 6.07) is 7.54. The van der Waals surface area contributed by atoms with Crippen molar-refractivity contribution in [2.24, 2.45) is 5.84 Å². The average Bonchev–Trinajstić information content (AvgIpc) is 2.29. The molecule has 1 aromatic carbocycles. The highest BCUT2D eigenvalue weighted by molar-refractivity contribution is 8.13. The summed E-state index contributed by atoms with van der Waals surface area (Å²) in [5.41, 5.74) is 4.36. The number of rotatable bonds is 3. The number of carbonyl (C=O) groups excluding carboxylic acids is 1. The van der Waals surface area contributed by atoms with Gasteiger partial charge in [0.1, 0.15) is 0 Å². The van der Waals surface area contributed by atoms with Crippen LogP contribution in [0.1, 0.15) is 18.9 Å². The van der Waals surface area contributed by atoms with Crippen molar-refractivity contribution in [3.05, 3.63) is 29.8 Å². The van der Waals surface area contributed by atoms with Crippen LogP contribution in [0, 0.1) is 11.8 Å². The van der Waals surface area contributed by atoms with Crippen LogP contribution in [0.2, 0.25) is 0 Å². The molecule has 0 saturated carbocycles. The molecule has 0 fully saturated rings. The molecule has 4 heteroatoms. The summed E-state index contributed by atoms with van der Waals surface area (Å²) in [5, 5.41) is 0.139. The standard InChI is InChI=1S/C12H14N2OS/c1-10(15)16-9-3-2-4-11-5-7-12(14-13)8-6-11/h5-8,14H,3,9,13H2,1H3. The molecule has 0 aromatic heterocycles. The van der Waals surface area contributed by atoms with Crippen molar-refractivity contribution in [2.75, 3.05) is 11.2 Å². The highest BCUT2D eigenvalue weighted by atomic mass is 32.2. The number of nitrogen functional groups attached to an aromatic ring is 1. The maximum Gasteiger partial charge on any atom is 0.185 e. The molecule has 0 unspecified atom stereocenters. The Kier molecular flexibility index (Phi) is 5.48. The minimum Gasteiger partial charge on any atom is -0.324 e. The van der Waals surface area contributed by atoms with Gasteiger partial charge < -0.3 is 5.43 Å². The molecule has 1 aromatic rings. The Labute approximate surface area is 99.8 Å². The van der Waals surface area contributed by atoms with Gasteiger partial charge >= 0.3 is 0 Å². The Morgan fingerprint density at radius 3 is 2.69 bits per heavy atom. The summed E-state index contributed by atoms with van der Waals surface area (Å²) in [6.07, 6.45) is 0.723. The number of hydrazine groups is 1. The second kappa shape index (κ2) is 6.94. The maximum absolute atomic E-state index is 10.6. The number of hydrogen-bond donors (Lipinski definition) is 2. The van der Waals surface area contributed by atoms with Crippen molar-refractivity contribution in [1.29, 1.82) is 0 Å². The highest BCUT2D eigenvalue weighted by Gasteiger charge is 1.91. The van der Waals surface area contributed by atoms with Crippen LogP contribution in [-0.2, 0) is 4.79 Å². The Balaban J connectivity index is 2.41. The molecule has 3 nitrogen and oxygen atoms in total. The number of thioether (sulfide) groups is 1. The first-order chi connectivity index (χ1) is 7.72. The van der Waals surface area contributed by atoms with Crippen LogP contribution in [0.4, 0.5) is 5.69 Å². The molecule has 0 heterocycles. The minimum absolute atomic E-state index is 0.139. The molecule has 84 valence electrons. The second-order valence-electron chi connectivity index (χ2n) is 3.11. The summed E-state index contributed by atoms with van der Waals surface area (Å²) in [4.78, 5) is 10.6. The molecule has 1 rings (SSSR count). The van der Waals surface area contributed by atoms with Crippen LogP contribution in [0.3, 0.4) is 0 Å². The van der Waals surface area contributed by atoms with Crippen LogP contribution in [0.25, 0.3) is 0 Å². The van der Waals surface area contributed by atoms with E-state index in [0.717, 1.165) is 23.4 Å². The van der Waals surface area contributed by atoms with E-state index in [0.29, 0.717) is 0 Å². The Morgan fingerprint density at radius 2 is 2.12 bits per heavy atom. The number of benzene rings is 1. The Hall–Kier alpha value is -1.44. The Bertz CT molecular complexity index is 403. The molecular weight excluding hydrogens is 220 g/mol. The van der Waals surface area contributed by atoms with Gasteiger partial charge in [0, 0.05) is 30.3 Å². The van der Waals surface area contributed by atoms with E-state index in [2.05, 4.69) is 17.3 Å². The maximum atomic E-state index is 10.6. The van der Waals surface area contributed by atoms with Gasteiger partial charge in [0.05, 0.1) is 0 Å². The number of nitrogens with two attached hydrogens (primary N) is 1. The van der Waals surface area contributed by atoms with E-state index in [4.69, 9.17) is 5.84 Å². The molecule has 0 radical (unpaired) electrons. The molecule has 16 heavy (non-hydrogen) atoms. The van der Waals surface area contributed by atoms with Crippen molar-refractivity contribution in [3.63, 3.8) is 0 Å². The third-order valence-electron chi connectivity index (χ3n) is 1.82. The average molecular weight is 234 g/mol. The fourth-order valence-electron chi connectivity index (χ4n) is 1.06. The zero-order valence-corrected chi connectivity index (χ0v) is 9.93. The van der Waals surface area contributed by atoms with Crippen molar-refractivity contribution in [1.82, 2.24) is 0 Å². The molecule has 0 aliphatic carbocycles. The molecule has 0 amide bonds. The summed E-state index contributed by atoms with van der Waals surface area (Å²) in [6.45, 7) is 1.57. The lowest BCUT2D eigenvalue weighted by atomic mass is 10.2. The molecule has 0 aliphatic heterocycles. The van der Waals surface area contributed by atoms with Crippen LogP contribution >= 0.6 is 11.8 Å². The molecule has 0 aliphatic rings.